The third kappa shape index (κ3) is 6.25. The van der Waals surface area contributed by atoms with Gasteiger partial charge in [0.25, 0.3) is 0 Å². The number of unbranched alkanes of at least 4 members (excludes halogenated alkanes) is 3. The molecule has 0 amide bonds. The zero-order valence-electron chi connectivity index (χ0n) is 8.57. The van der Waals surface area contributed by atoms with Crippen LogP contribution in [0.25, 0.3) is 0 Å². The molecule has 0 aromatic rings. The molecule has 0 heterocycles. The summed E-state index contributed by atoms with van der Waals surface area (Å²) in [5.74, 6) is 0. The molecule has 0 aliphatic rings. The molecule has 0 fully saturated rings. The molecule has 0 rings (SSSR count). The zero-order valence-corrected chi connectivity index (χ0v) is 9.46. The molecule has 80 valence electrons. The fourth-order valence-electron chi connectivity index (χ4n) is 1.42. The summed E-state index contributed by atoms with van der Waals surface area (Å²) in [6.45, 7) is 3.96. The summed E-state index contributed by atoms with van der Waals surface area (Å²) < 4.78 is 10.9. The monoisotopic (exact) mass is 208 g/mol. The third-order valence-electron chi connectivity index (χ3n) is 2.34. The minimum absolute atomic E-state index is 0.413. The Hall–Kier alpha value is 0.150. The maximum atomic E-state index is 10.9. The number of hydrogen-bond acceptors (Lipinski definition) is 1. The topological polar surface area (TPSA) is 57.5 Å². The first kappa shape index (κ1) is 13.2. The van der Waals surface area contributed by atoms with E-state index in [2.05, 4.69) is 6.92 Å². The van der Waals surface area contributed by atoms with Crippen LogP contribution in [0, 0.1) is 0 Å². The SMILES string of the molecule is CCCCCCC(CC)P(=O)(O)O. The fraction of sp³-hybridized carbons (Fsp3) is 1.00. The molecule has 13 heavy (non-hydrogen) atoms. The molecule has 3 nitrogen and oxygen atoms in total. The van der Waals surface area contributed by atoms with Crippen molar-refractivity contribution in [2.75, 3.05) is 0 Å². The molecule has 0 aromatic carbocycles. The van der Waals surface area contributed by atoms with Crippen LogP contribution in [0.3, 0.4) is 0 Å². The Labute approximate surface area is 80.7 Å². The Balaban J connectivity index is 3.67. The van der Waals surface area contributed by atoms with Gasteiger partial charge in [0.2, 0.25) is 0 Å². The van der Waals surface area contributed by atoms with Crippen LogP contribution >= 0.6 is 7.60 Å². The molecule has 0 aliphatic carbocycles. The van der Waals surface area contributed by atoms with Gasteiger partial charge in [-0.25, -0.2) is 0 Å². The lowest BCUT2D eigenvalue weighted by atomic mass is 10.1. The van der Waals surface area contributed by atoms with E-state index < -0.39 is 13.3 Å². The highest BCUT2D eigenvalue weighted by molar-refractivity contribution is 7.52. The largest absolute Gasteiger partial charge is 0.328 e. The van der Waals surface area contributed by atoms with Gasteiger partial charge in [0, 0.05) is 0 Å². The molecule has 0 radical (unpaired) electrons. The molecule has 2 N–H and O–H groups in total. The standard InChI is InChI=1S/C9H21O3P/c1-3-5-6-7-8-9(4-2)13(10,11)12/h9H,3-8H2,1-2H3,(H2,10,11,12). The minimum Gasteiger partial charge on any atom is -0.324 e. The molecule has 0 spiro atoms. The van der Waals surface area contributed by atoms with Gasteiger partial charge in [0.05, 0.1) is 5.66 Å². The summed E-state index contributed by atoms with van der Waals surface area (Å²) in [5, 5.41) is 0. The lowest BCUT2D eigenvalue weighted by Gasteiger charge is -2.15. The summed E-state index contributed by atoms with van der Waals surface area (Å²) in [4.78, 5) is 17.9. The van der Waals surface area contributed by atoms with Crippen LogP contribution in [0.2, 0.25) is 0 Å². The van der Waals surface area contributed by atoms with E-state index in [0.717, 1.165) is 25.7 Å². The Morgan fingerprint density at radius 1 is 1.15 bits per heavy atom. The van der Waals surface area contributed by atoms with Gasteiger partial charge in [-0.3, -0.25) is 4.57 Å². The summed E-state index contributed by atoms with van der Waals surface area (Å²) in [5.41, 5.74) is -0.413. The van der Waals surface area contributed by atoms with E-state index >= 15 is 0 Å². The molecular weight excluding hydrogens is 187 g/mol. The van der Waals surface area contributed by atoms with Crippen molar-refractivity contribution in [1.29, 1.82) is 0 Å². The minimum atomic E-state index is -3.82. The lowest BCUT2D eigenvalue weighted by Crippen LogP contribution is -2.06. The fourth-order valence-corrected chi connectivity index (χ4v) is 2.41. The van der Waals surface area contributed by atoms with Crippen molar-refractivity contribution in [3.63, 3.8) is 0 Å². The highest BCUT2D eigenvalue weighted by Crippen LogP contribution is 2.45. The molecule has 0 bridgehead atoms. The van der Waals surface area contributed by atoms with Crippen molar-refractivity contribution >= 4 is 7.60 Å². The van der Waals surface area contributed by atoms with Crippen molar-refractivity contribution in [3.8, 4) is 0 Å². The van der Waals surface area contributed by atoms with Crippen molar-refractivity contribution in [2.45, 2.75) is 58.0 Å². The molecule has 1 atom stereocenters. The molecule has 1 unspecified atom stereocenters. The predicted molar refractivity (Wildman–Crippen MR) is 54.9 cm³/mol. The molecule has 0 aromatic heterocycles. The van der Waals surface area contributed by atoms with Gasteiger partial charge in [-0.05, 0) is 12.8 Å². The summed E-state index contributed by atoms with van der Waals surface area (Å²) >= 11 is 0. The smallest absolute Gasteiger partial charge is 0.324 e. The third-order valence-corrected chi connectivity index (χ3v) is 3.91. The van der Waals surface area contributed by atoms with Crippen molar-refractivity contribution in [2.24, 2.45) is 0 Å². The van der Waals surface area contributed by atoms with Crippen LogP contribution in [0.5, 0.6) is 0 Å². The molecule has 4 heteroatoms. The molecule has 0 saturated heterocycles. The maximum Gasteiger partial charge on any atom is 0.328 e. The van der Waals surface area contributed by atoms with E-state index in [0.29, 0.717) is 12.8 Å². The van der Waals surface area contributed by atoms with Crippen molar-refractivity contribution < 1.29 is 14.4 Å². The quantitative estimate of drug-likeness (QED) is 0.499. The lowest BCUT2D eigenvalue weighted by molar-refractivity contribution is 0.350. The first-order chi connectivity index (χ1) is 6.02. The number of hydrogen-bond donors (Lipinski definition) is 2. The van der Waals surface area contributed by atoms with Gasteiger partial charge < -0.3 is 9.79 Å². The Bertz CT molecular complexity index is 164. The Morgan fingerprint density at radius 2 is 1.77 bits per heavy atom. The zero-order chi connectivity index (χ0) is 10.3. The normalized spacial score (nSPS) is 14.5. The second-order valence-electron chi connectivity index (χ2n) is 3.50. The second-order valence-corrected chi connectivity index (χ2v) is 5.41. The van der Waals surface area contributed by atoms with Gasteiger partial charge in [-0.2, -0.15) is 0 Å². The Kier molecular flexibility index (Phi) is 6.66. The predicted octanol–water partition coefficient (Wildman–Crippen LogP) is 2.91. The van der Waals surface area contributed by atoms with E-state index in [9.17, 15) is 4.57 Å². The highest BCUT2D eigenvalue weighted by Gasteiger charge is 2.25. The van der Waals surface area contributed by atoms with Crippen molar-refractivity contribution in [3.05, 3.63) is 0 Å². The van der Waals surface area contributed by atoms with Crippen LogP contribution in [-0.4, -0.2) is 15.4 Å². The van der Waals surface area contributed by atoms with E-state index in [4.69, 9.17) is 9.79 Å². The van der Waals surface area contributed by atoms with Gasteiger partial charge >= 0.3 is 7.60 Å². The van der Waals surface area contributed by atoms with Crippen LogP contribution in [0.1, 0.15) is 52.4 Å². The van der Waals surface area contributed by atoms with Crippen LogP contribution in [-0.2, 0) is 4.57 Å². The summed E-state index contributed by atoms with van der Waals surface area (Å²) in [6, 6.07) is 0. The van der Waals surface area contributed by atoms with E-state index in [1.807, 2.05) is 6.92 Å². The van der Waals surface area contributed by atoms with Crippen LogP contribution in [0.4, 0.5) is 0 Å². The summed E-state index contributed by atoms with van der Waals surface area (Å²) in [7, 11) is -3.82. The van der Waals surface area contributed by atoms with Gasteiger partial charge in [0.1, 0.15) is 0 Å². The van der Waals surface area contributed by atoms with E-state index in [-0.39, 0.29) is 0 Å². The first-order valence-corrected chi connectivity index (χ1v) is 6.75. The van der Waals surface area contributed by atoms with E-state index in [1.165, 1.54) is 0 Å². The summed E-state index contributed by atoms with van der Waals surface area (Å²) in [6.07, 6.45) is 5.60. The average molecular weight is 208 g/mol. The Morgan fingerprint density at radius 3 is 2.15 bits per heavy atom. The molecule has 0 aliphatic heterocycles. The van der Waals surface area contributed by atoms with Gasteiger partial charge in [-0.15, -0.1) is 0 Å². The highest BCUT2D eigenvalue weighted by atomic mass is 31.2. The average Bonchev–Trinajstić information content (AvgIpc) is 2.02. The maximum absolute atomic E-state index is 10.9. The van der Waals surface area contributed by atoms with Gasteiger partial charge in [0.15, 0.2) is 0 Å². The first-order valence-electron chi connectivity index (χ1n) is 5.07. The van der Waals surface area contributed by atoms with Crippen LogP contribution in [0.15, 0.2) is 0 Å². The van der Waals surface area contributed by atoms with Crippen molar-refractivity contribution in [1.82, 2.24) is 0 Å². The molecular formula is C9H21O3P. The van der Waals surface area contributed by atoms with Gasteiger partial charge in [-0.1, -0.05) is 39.5 Å². The van der Waals surface area contributed by atoms with Crippen LogP contribution < -0.4 is 0 Å². The second kappa shape index (κ2) is 6.58. The molecule has 0 saturated carbocycles. The van der Waals surface area contributed by atoms with E-state index in [1.54, 1.807) is 0 Å². The number of rotatable bonds is 7.